The molecule has 17 heavy (non-hydrogen) atoms. The minimum Gasteiger partial charge on any atom is -0.382 e. The Bertz CT molecular complexity index is 206. The molecule has 0 saturated carbocycles. The molecule has 5 nitrogen and oxygen atoms in total. The van der Waals surface area contributed by atoms with E-state index in [9.17, 15) is 4.79 Å². The zero-order valence-corrected chi connectivity index (χ0v) is 10.7. The lowest BCUT2D eigenvalue weighted by Gasteiger charge is -2.22. The van der Waals surface area contributed by atoms with Gasteiger partial charge in [0, 0.05) is 39.5 Å². The second-order valence-electron chi connectivity index (χ2n) is 4.24. The van der Waals surface area contributed by atoms with E-state index in [2.05, 4.69) is 10.6 Å². The van der Waals surface area contributed by atoms with E-state index in [4.69, 9.17) is 9.47 Å². The molecule has 0 aromatic carbocycles. The first-order valence-corrected chi connectivity index (χ1v) is 6.50. The Balaban J connectivity index is 1.93. The maximum atomic E-state index is 11.4. The van der Waals surface area contributed by atoms with Gasteiger partial charge in [0.2, 0.25) is 0 Å². The number of rotatable bonds is 7. The fourth-order valence-electron chi connectivity index (χ4n) is 1.77. The van der Waals surface area contributed by atoms with E-state index >= 15 is 0 Å². The largest absolute Gasteiger partial charge is 0.382 e. The molecule has 0 aromatic heterocycles. The van der Waals surface area contributed by atoms with Crippen molar-refractivity contribution in [3.05, 3.63) is 0 Å². The number of hydrogen-bond donors (Lipinski definition) is 2. The highest BCUT2D eigenvalue weighted by molar-refractivity contribution is 5.73. The second-order valence-corrected chi connectivity index (χ2v) is 4.24. The molecule has 0 aliphatic carbocycles. The first-order chi connectivity index (χ1) is 8.33. The summed E-state index contributed by atoms with van der Waals surface area (Å²) in [6, 6.07) is -0.0759. The monoisotopic (exact) mass is 244 g/mol. The first-order valence-electron chi connectivity index (χ1n) is 6.50. The van der Waals surface area contributed by atoms with Crippen molar-refractivity contribution in [1.82, 2.24) is 10.6 Å². The van der Waals surface area contributed by atoms with E-state index in [0.717, 1.165) is 45.6 Å². The van der Waals surface area contributed by atoms with Crippen LogP contribution in [0.2, 0.25) is 0 Å². The molecular weight excluding hydrogens is 220 g/mol. The van der Waals surface area contributed by atoms with Crippen LogP contribution in [0.1, 0.15) is 26.2 Å². The molecule has 5 heteroatoms. The topological polar surface area (TPSA) is 59.6 Å². The third-order valence-electron chi connectivity index (χ3n) is 2.85. The molecule has 1 aliphatic rings. The molecule has 0 aromatic rings. The van der Waals surface area contributed by atoms with Gasteiger partial charge in [0.1, 0.15) is 0 Å². The zero-order valence-electron chi connectivity index (χ0n) is 10.7. The average molecular weight is 244 g/mol. The summed E-state index contributed by atoms with van der Waals surface area (Å²) in [6.07, 6.45) is 2.95. The van der Waals surface area contributed by atoms with Gasteiger partial charge in [0.25, 0.3) is 0 Å². The van der Waals surface area contributed by atoms with E-state index in [-0.39, 0.29) is 6.03 Å². The summed E-state index contributed by atoms with van der Waals surface area (Å²) in [6.45, 7) is 6.46. The molecule has 100 valence electrons. The molecule has 0 atom stereocenters. The van der Waals surface area contributed by atoms with Gasteiger partial charge in [-0.3, -0.25) is 0 Å². The van der Waals surface area contributed by atoms with Gasteiger partial charge in [0.15, 0.2) is 0 Å². The molecule has 0 bridgehead atoms. The number of nitrogens with one attached hydrogen (secondary N) is 2. The van der Waals surface area contributed by atoms with Gasteiger partial charge in [-0.15, -0.1) is 0 Å². The van der Waals surface area contributed by atoms with E-state index in [1.807, 2.05) is 6.92 Å². The Morgan fingerprint density at radius 3 is 2.82 bits per heavy atom. The van der Waals surface area contributed by atoms with Crippen molar-refractivity contribution in [3.8, 4) is 0 Å². The minimum absolute atomic E-state index is 0.0759. The predicted octanol–water partition coefficient (Wildman–Crippen LogP) is 1.14. The molecule has 1 rings (SSSR count). The smallest absolute Gasteiger partial charge is 0.314 e. The third-order valence-corrected chi connectivity index (χ3v) is 2.85. The summed E-state index contributed by atoms with van der Waals surface area (Å²) < 4.78 is 10.5. The molecule has 2 N–H and O–H groups in total. The van der Waals surface area contributed by atoms with Crippen LogP contribution in [0.5, 0.6) is 0 Å². The lowest BCUT2D eigenvalue weighted by atomic mass is 10.0. The van der Waals surface area contributed by atoms with Crippen LogP contribution in [-0.4, -0.2) is 45.5 Å². The van der Waals surface area contributed by atoms with Crippen molar-refractivity contribution >= 4 is 6.03 Å². The summed E-state index contributed by atoms with van der Waals surface area (Å²) >= 11 is 0. The van der Waals surface area contributed by atoms with Crippen LogP contribution in [0.4, 0.5) is 4.79 Å². The molecule has 0 spiro atoms. The minimum atomic E-state index is -0.0759. The molecule has 0 radical (unpaired) electrons. The van der Waals surface area contributed by atoms with Crippen molar-refractivity contribution in [2.75, 3.05) is 39.5 Å². The van der Waals surface area contributed by atoms with Crippen molar-refractivity contribution in [2.24, 2.45) is 5.92 Å². The number of urea groups is 1. The van der Waals surface area contributed by atoms with Gasteiger partial charge in [0.05, 0.1) is 0 Å². The van der Waals surface area contributed by atoms with Gasteiger partial charge >= 0.3 is 6.03 Å². The molecule has 1 saturated heterocycles. The highest BCUT2D eigenvalue weighted by Gasteiger charge is 2.14. The summed E-state index contributed by atoms with van der Waals surface area (Å²) in [7, 11) is 0. The predicted molar refractivity (Wildman–Crippen MR) is 66.1 cm³/mol. The van der Waals surface area contributed by atoms with Gasteiger partial charge < -0.3 is 20.1 Å². The fraction of sp³-hybridized carbons (Fsp3) is 0.917. The summed E-state index contributed by atoms with van der Waals surface area (Å²) in [5.41, 5.74) is 0. The highest BCUT2D eigenvalue weighted by atomic mass is 16.5. The SMILES string of the molecule is CCOCCCNC(=O)NCC1CCOCC1. The maximum absolute atomic E-state index is 11.4. The highest BCUT2D eigenvalue weighted by Crippen LogP contribution is 2.12. The Morgan fingerprint density at radius 1 is 1.35 bits per heavy atom. The van der Waals surface area contributed by atoms with Crippen LogP contribution in [-0.2, 0) is 9.47 Å². The second kappa shape index (κ2) is 9.24. The zero-order chi connectivity index (χ0) is 12.3. The normalized spacial score (nSPS) is 16.8. The summed E-state index contributed by atoms with van der Waals surface area (Å²) in [4.78, 5) is 11.4. The average Bonchev–Trinajstić information content (AvgIpc) is 2.37. The van der Waals surface area contributed by atoms with E-state index in [1.54, 1.807) is 0 Å². The van der Waals surface area contributed by atoms with Crippen LogP contribution in [0.3, 0.4) is 0 Å². The van der Waals surface area contributed by atoms with E-state index in [0.29, 0.717) is 19.1 Å². The third kappa shape index (κ3) is 7.18. The van der Waals surface area contributed by atoms with Gasteiger partial charge in [-0.2, -0.15) is 0 Å². The molecule has 0 unspecified atom stereocenters. The van der Waals surface area contributed by atoms with E-state index in [1.165, 1.54) is 0 Å². The number of carbonyl (C=O) groups excluding carboxylic acids is 1. The number of ether oxygens (including phenoxy) is 2. The summed E-state index contributed by atoms with van der Waals surface area (Å²) in [5.74, 6) is 0.568. The Labute approximate surface area is 103 Å². The summed E-state index contributed by atoms with van der Waals surface area (Å²) in [5, 5.41) is 5.72. The molecule has 1 fully saturated rings. The van der Waals surface area contributed by atoms with E-state index < -0.39 is 0 Å². The number of amides is 2. The van der Waals surface area contributed by atoms with Gasteiger partial charge in [-0.25, -0.2) is 4.79 Å². The fourth-order valence-corrected chi connectivity index (χ4v) is 1.77. The van der Waals surface area contributed by atoms with Crippen LogP contribution in [0.15, 0.2) is 0 Å². The van der Waals surface area contributed by atoms with Crippen molar-refractivity contribution in [3.63, 3.8) is 0 Å². The lowest BCUT2D eigenvalue weighted by Crippen LogP contribution is -2.39. The maximum Gasteiger partial charge on any atom is 0.314 e. The van der Waals surface area contributed by atoms with Crippen LogP contribution < -0.4 is 10.6 Å². The van der Waals surface area contributed by atoms with Crippen LogP contribution in [0, 0.1) is 5.92 Å². The Hall–Kier alpha value is -0.810. The van der Waals surface area contributed by atoms with Gasteiger partial charge in [-0.05, 0) is 32.1 Å². The van der Waals surface area contributed by atoms with Crippen molar-refractivity contribution in [1.29, 1.82) is 0 Å². The quantitative estimate of drug-likeness (QED) is 0.660. The Kier molecular flexibility index (Phi) is 7.75. The lowest BCUT2D eigenvalue weighted by molar-refractivity contribution is 0.0669. The Morgan fingerprint density at radius 2 is 2.12 bits per heavy atom. The van der Waals surface area contributed by atoms with Crippen LogP contribution in [0.25, 0.3) is 0 Å². The number of hydrogen-bond acceptors (Lipinski definition) is 3. The molecule has 1 heterocycles. The molecular formula is C12H24N2O3. The standard InChI is InChI=1S/C12H24N2O3/c1-2-16-7-3-6-13-12(15)14-10-11-4-8-17-9-5-11/h11H,2-10H2,1H3,(H2,13,14,15). The number of carbonyl (C=O) groups is 1. The molecule has 2 amide bonds. The van der Waals surface area contributed by atoms with Gasteiger partial charge in [-0.1, -0.05) is 0 Å². The van der Waals surface area contributed by atoms with Crippen molar-refractivity contribution < 1.29 is 14.3 Å². The molecule has 1 aliphatic heterocycles. The van der Waals surface area contributed by atoms with Crippen LogP contribution >= 0.6 is 0 Å². The first kappa shape index (κ1) is 14.3. The van der Waals surface area contributed by atoms with Crippen molar-refractivity contribution in [2.45, 2.75) is 26.2 Å².